The van der Waals surface area contributed by atoms with Crippen LogP contribution in [0.2, 0.25) is 0 Å². The van der Waals surface area contributed by atoms with Crippen LogP contribution in [0, 0.1) is 5.92 Å². The minimum absolute atomic E-state index is 0.0658. The van der Waals surface area contributed by atoms with Crippen molar-refractivity contribution in [2.45, 2.75) is 25.4 Å². The predicted molar refractivity (Wildman–Crippen MR) is 103 cm³/mol. The number of rotatable bonds is 5. The monoisotopic (exact) mass is 364 g/mol. The van der Waals surface area contributed by atoms with Crippen LogP contribution in [0.15, 0.2) is 54.6 Å². The first-order chi connectivity index (χ1) is 13.2. The highest BCUT2D eigenvalue weighted by molar-refractivity contribution is 5.94. The molecular weight excluding hydrogens is 340 g/mol. The van der Waals surface area contributed by atoms with Gasteiger partial charge in [0.05, 0.1) is 19.6 Å². The van der Waals surface area contributed by atoms with Gasteiger partial charge in [0.25, 0.3) is 0 Å². The van der Waals surface area contributed by atoms with Crippen molar-refractivity contribution < 1.29 is 14.3 Å². The summed E-state index contributed by atoms with van der Waals surface area (Å²) in [6.07, 6.45) is 2.27. The Hall–Kier alpha value is -2.66. The number of hydrogen-bond acceptors (Lipinski definition) is 3. The number of benzene rings is 2. The van der Waals surface area contributed by atoms with E-state index in [-0.39, 0.29) is 23.8 Å². The number of hydrogen-bond donors (Lipinski definition) is 1. The summed E-state index contributed by atoms with van der Waals surface area (Å²) in [5.74, 6) is 0.387. The molecule has 1 atom stereocenters. The number of carbonyl (C=O) groups excluding carboxylic acids is 2. The molecule has 5 nitrogen and oxygen atoms in total. The molecule has 0 radical (unpaired) electrons. The zero-order chi connectivity index (χ0) is 18.6. The largest absolute Gasteiger partial charge is 0.370 e. The highest BCUT2D eigenvalue weighted by Crippen LogP contribution is 2.30. The molecule has 2 aliphatic rings. The van der Waals surface area contributed by atoms with Gasteiger partial charge in [0.1, 0.15) is 6.10 Å². The van der Waals surface area contributed by atoms with E-state index in [0.717, 1.165) is 29.7 Å². The molecule has 0 bridgehead atoms. The lowest BCUT2D eigenvalue weighted by Crippen LogP contribution is -2.42. The summed E-state index contributed by atoms with van der Waals surface area (Å²) in [7, 11) is 0. The van der Waals surface area contributed by atoms with Gasteiger partial charge in [-0.25, -0.2) is 0 Å². The lowest BCUT2D eigenvalue weighted by Gasteiger charge is -2.33. The molecule has 1 saturated heterocycles. The van der Waals surface area contributed by atoms with E-state index in [2.05, 4.69) is 5.32 Å². The van der Waals surface area contributed by atoms with Crippen molar-refractivity contribution in [3.05, 3.63) is 65.7 Å². The van der Waals surface area contributed by atoms with Gasteiger partial charge in [0.15, 0.2) is 0 Å². The second-order valence-corrected chi connectivity index (χ2v) is 7.25. The Morgan fingerprint density at radius 2 is 1.78 bits per heavy atom. The summed E-state index contributed by atoms with van der Waals surface area (Å²) >= 11 is 0. The fourth-order valence-corrected chi connectivity index (χ4v) is 3.33. The average molecular weight is 364 g/mol. The summed E-state index contributed by atoms with van der Waals surface area (Å²) in [5, 5.41) is 2.92. The molecule has 1 heterocycles. The Kier molecular flexibility index (Phi) is 5.21. The summed E-state index contributed by atoms with van der Waals surface area (Å²) in [4.78, 5) is 26.4. The first-order valence-corrected chi connectivity index (χ1v) is 9.53. The number of carbonyl (C=O) groups is 2. The van der Waals surface area contributed by atoms with Crippen molar-refractivity contribution in [2.24, 2.45) is 5.92 Å². The number of amides is 2. The normalized spacial score (nSPS) is 19.6. The summed E-state index contributed by atoms with van der Waals surface area (Å²) in [5.41, 5.74) is 2.84. The minimum Gasteiger partial charge on any atom is -0.370 e. The van der Waals surface area contributed by atoms with Crippen LogP contribution in [0.1, 0.15) is 30.1 Å². The van der Waals surface area contributed by atoms with Crippen LogP contribution >= 0.6 is 0 Å². The minimum atomic E-state index is -0.0658. The zero-order valence-corrected chi connectivity index (χ0v) is 15.3. The molecule has 140 valence electrons. The van der Waals surface area contributed by atoms with Crippen LogP contribution < -0.4 is 5.32 Å². The molecule has 0 aromatic heterocycles. The SMILES string of the molecule is O=C(Nc1ccc(CC(=O)N2CCOC(c3ccccc3)C2)cc1)C1CC1. The van der Waals surface area contributed by atoms with Crippen LogP contribution in [-0.2, 0) is 20.7 Å². The van der Waals surface area contributed by atoms with Crippen molar-refractivity contribution in [2.75, 3.05) is 25.0 Å². The van der Waals surface area contributed by atoms with Gasteiger partial charge in [-0.1, -0.05) is 42.5 Å². The number of anilines is 1. The zero-order valence-electron chi connectivity index (χ0n) is 15.3. The van der Waals surface area contributed by atoms with Gasteiger partial charge in [-0.2, -0.15) is 0 Å². The Labute approximate surface area is 159 Å². The highest BCUT2D eigenvalue weighted by atomic mass is 16.5. The van der Waals surface area contributed by atoms with Crippen molar-refractivity contribution in [1.29, 1.82) is 0 Å². The maximum atomic E-state index is 12.7. The molecule has 2 amide bonds. The molecule has 1 aliphatic carbocycles. The molecular formula is C22H24N2O3. The van der Waals surface area contributed by atoms with E-state index in [1.807, 2.05) is 59.5 Å². The van der Waals surface area contributed by atoms with Gasteiger partial charge in [-0.05, 0) is 36.1 Å². The molecule has 1 N–H and O–H groups in total. The molecule has 2 aromatic carbocycles. The highest BCUT2D eigenvalue weighted by Gasteiger charge is 2.29. The van der Waals surface area contributed by atoms with E-state index in [1.54, 1.807) is 0 Å². The molecule has 27 heavy (non-hydrogen) atoms. The predicted octanol–water partition coefficient (Wildman–Crippen LogP) is 3.18. The van der Waals surface area contributed by atoms with E-state index in [4.69, 9.17) is 4.74 Å². The number of nitrogens with zero attached hydrogens (tertiary/aromatic N) is 1. The Morgan fingerprint density at radius 3 is 2.48 bits per heavy atom. The second-order valence-electron chi connectivity index (χ2n) is 7.25. The summed E-state index contributed by atoms with van der Waals surface area (Å²) in [6, 6.07) is 17.6. The van der Waals surface area contributed by atoms with Gasteiger partial charge in [0, 0.05) is 18.2 Å². The molecule has 1 unspecified atom stereocenters. The van der Waals surface area contributed by atoms with Crippen molar-refractivity contribution in [3.8, 4) is 0 Å². The van der Waals surface area contributed by atoms with Gasteiger partial charge in [0.2, 0.25) is 11.8 Å². The Bertz CT molecular complexity index is 800. The molecule has 2 fully saturated rings. The lowest BCUT2D eigenvalue weighted by molar-refractivity contribution is -0.138. The Morgan fingerprint density at radius 1 is 1.04 bits per heavy atom. The van der Waals surface area contributed by atoms with Crippen molar-refractivity contribution in [1.82, 2.24) is 4.90 Å². The number of nitrogens with one attached hydrogen (secondary N) is 1. The average Bonchev–Trinajstić information content (AvgIpc) is 3.56. The smallest absolute Gasteiger partial charge is 0.227 e. The van der Waals surface area contributed by atoms with Gasteiger partial charge < -0.3 is 15.0 Å². The van der Waals surface area contributed by atoms with E-state index < -0.39 is 0 Å². The molecule has 5 heteroatoms. The van der Waals surface area contributed by atoms with Crippen molar-refractivity contribution in [3.63, 3.8) is 0 Å². The summed E-state index contributed by atoms with van der Waals surface area (Å²) in [6.45, 7) is 1.76. The fraction of sp³-hybridized carbons (Fsp3) is 0.364. The topological polar surface area (TPSA) is 58.6 Å². The molecule has 0 spiro atoms. The molecule has 1 aliphatic heterocycles. The standard InChI is InChI=1S/C22H24N2O3/c25-21(24-12-13-27-20(15-24)17-4-2-1-3-5-17)14-16-6-10-19(11-7-16)23-22(26)18-8-9-18/h1-7,10-11,18,20H,8-9,12-15H2,(H,23,26). The first-order valence-electron chi connectivity index (χ1n) is 9.53. The van der Waals surface area contributed by atoms with Crippen LogP contribution in [0.3, 0.4) is 0 Å². The quantitative estimate of drug-likeness (QED) is 0.886. The van der Waals surface area contributed by atoms with Crippen LogP contribution in [0.4, 0.5) is 5.69 Å². The second kappa shape index (κ2) is 7.92. The van der Waals surface area contributed by atoms with E-state index in [1.165, 1.54) is 0 Å². The molecule has 2 aromatic rings. The fourth-order valence-electron chi connectivity index (χ4n) is 3.33. The lowest BCUT2D eigenvalue weighted by atomic mass is 10.1. The van der Waals surface area contributed by atoms with Gasteiger partial charge in [-0.3, -0.25) is 9.59 Å². The van der Waals surface area contributed by atoms with E-state index in [9.17, 15) is 9.59 Å². The maximum Gasteiger partial charge on any atom is 0.227 e. The maximum absolute atomic E-state index is 12.7. The first kappa shape index (κ1) is 17.7. The third-order valence-corrected chi connectivity index (χ3v) is 5.12. The molecule has 1 saturated carbocycles. The van der Waals surface area contributed by atoms with E-state index in [0.29, 0.717) is 26.1 Å². The van der Waals surface area contributed by atoms with E-state index >= 15 is 0 Å². The van der Waals surface area contributed by atoms with Gasteiger partial charge in [-0.15, -0.1) is 0 Å². The van der Waals surface area contributed by atoms with Gasteiger partial charge >= 0.3 is 0 Å². The summed E-state index contributed by atoms with van der Waals surface area (Å²) < 4.78 is 5.84. The van der Waals surface area contributed by atoms with Crippen molar-refractivity contribution >= 4 is 17.5 Å². The van der Waals surface area contributed by atoms with Crippen LogP contribution in [0.5, 0.6) is 0 Å². The van der Waals surface area contributed by atoms with Crippen LogP contribution in [-0.4, -0.2) is 36.4 Å². The number of ether oxygens (including phenoxy) is 1. The third kappa shape index (κ3) is 4.55. The third-order valence-electron chi connectivity index (χ3n) is 5.12. The molecule has 4 rings (SSSR count). The number of morpholine rings is 1. The Balaban J connectivity index is 1.33. The van der Waals surface area contributed by atoms with Crippen LogP contribution in [0.25, 0.3) is 0 Å².